The Morgan fingerprint density at radius 3 is 2.05 bits per heavy atom. The number of carbonyl (C=O) groups excluding carboxylic acids is 4. The molecule has 1 amide bonds. The highest BCUT2D eigenvalue weighted by atomic mass is 16.7. The molecular weight excluding hydrogens is 510 g/mol. The molecule has 0 unspecified atom stereocenters. The average Bonchev–Trinajstić information content (AvgIpc) is 3.23. The predicted octanol–water partition coefficient (Wildman–Crippen LogP) is 2.11. The van der Waals surface area contributed by atoms with E-state index in [1.807, 2.05) is 0 Å². The van der Waals surface area contributed by atoms with Crippen molar-refractivity contribution in [2.45, 2.75) is 38.4 Å². The summed E-state index contributed by atoms with van der Waals surface area (Å²) in [6.45, 7) is 2.04. The van der Waals surface area contributed by atoms with Gasteiger partial charge in [-0.05, 0) is 30.3 Å². The lowest BCUT2D eigenvalue weighted by molar-refractivity contribution is -0.154. The topological polar surface area (TPSA) is 152 Å². The van der Waals surface area contributed by atoms with Gasteiger partial charge >= 0.3 is 23.6 Å². The zero-order valence-corrected chi connectivity index (χ0v) is 21.0. The molecule has 1 saturated heterocycles. The normalized spacial score (nSPS) is 20.1. The van der Waals surface area contributed by atoms with E-state index in [1.54, 1.807) is 48.5 Å². The highest BCUT2D eigenvalue weighted by Crippen LogP contribution is 2.34. The summed E-state index contributed by atoms with van der Waals surface area (Å²) in [5, 5.41) is 2.40. The summed E-state index contributed by atoms with van der Waals surface area (Å²) < 4.78 is 23.6. The number of aromatic nitrogens is 2. The number of esters is 3. The Kier molecular flexibility index (Phi) is 8.46. The van der Waals surface area contributed by atoms with Crippen LogP contribution in [-0.2, 0) is 28.5 Å². The van der Waals surface area contributed by atoms with Gasteiger partial charge < -0.3 is 24.3 Å². The van der Waals surface area contributed by atoms with Crippen LogP contribution in [0.15, 0.2) is 77.7 Å². The minimum Gasteiger partial charge on any atom is -0.459 e. The van der Waals surface area contributed by atoms with E-state index in [0.29, 0.717) is 0 Å². The fourth-order valence-electron chi connectivity index (χ4n) is 3.96. The van der Waals surface area contributed by atoms with E-state index in [0.717, 1.165) is 11.5 Å². The number of amides is 1. The van der Waals surface area contributed by atoms with Crippen LogP contribution in [0.25, 0.3) is 0 Å². The summed E-state index contributed by atoms with van der Waals surface area (Å²) in [6.07, 6.45) is -3.70. The van der Waals surface area contributed by atoms with E-state index in [9.17, 15) is 24.0 Å². The molecule has 202 valence electrons. The van der Waals surface area contributed by atoms with E-state index in [-0.39, 0.29) is 23.6 Å². The van der Waals surface area contributed by atoms with Crippen LogP contribution in [-0.4, -0.2) is 58.3 Å². The van der Waals surface area contributed by atoms with E-state index in [1.165, 1.54) is 31.3 Å². The molecule has 1 N–H and O–H groups in total. The summed E-state index contributed by atoms with van der Waals surface area (Å²) in [4.78, 5) is 65.6. The molecule has 0 aliphatic carbocycles. The monoisotopic (exact) mass is 535 g/mol. The van der Waals surface area contributed by atoms with Gasteiger partial charge in [-0.25, -0.2) is 14.4 Å². The summed E-state index contributed by atoms with van der Waals surface area (Å²) in [5.74, 6) is -2.55. The Morgan fingerprint density at radius 1 is 0.872 bits per heavy atom. The lowest BCUT2D eigenvalue weighted by Crippen LogP contribution is -2.42. The van der Waals surface area contributed by atoms with Gasteiger partial charge in [0.15, 0.2) is 18.4 Å². The number of nitrogens with zero attached hydrogens (tertiary/aromatic N) is 2. The van der Waals surface area contributed by atoms with Crippen LogP contribution in [0.1, 0.15) is 40.8 Å². The lowest BCUT2D eigenvalue weighted by Gasteiger charge is -2.24. The number of hydrogen-bond donors (Lipinski definition) is 1. The third kappa shape index (κ3) is 6.73. The zero-order valence-electron chi connectivity index (χ0n) is 21.0. The number of carbonyl (C=O) groups is 4. The highest BCUT2D eigenvalue weighted by Gasteiger charge is 2.51. The Labute approximate surface area is 222 Å². The second-order valence-corrected chi connectivity index (χ2v) is 8.52. The van der Waals surface area contributed by atoms with Crippen molar-refractivity contribution in [3.63, 3.8) is 0 Å². The van der Waals surface area contributed by atoms with Crippen molar-refractivity contribution in [3.05, 3.63) is 94.5 Å². The Hall–Kier alpha value is -4.84. The average molecular weight is 536 g/mol. The van der Waals surface area contributed by atoms with Gasteiger partial charge in [-0.1, -0.05) is 36.4 Å². The van der Waals surface area contributed by atoms with Crippen molar-refractivity contribution < 1.29 is 38.1 Å². The maximum Gasteiger partial charge on any atom is 0.351 e. The molecule has 0 spiro atoms. The molecule has 4 rings (SSSR count). The van der Waals surface area contributed by atoms with Gasteiger partial charge in [0.2, 0.25) is 5.91 Å². The van der Waals surface area contributed by atoms with Gasteiger partial charge in [-0.3, -0.25) is 14.2 Å². The molecule has 3 aromatic rings. The lowest BCUT2D eigenvalue weighted by atomic mass is 10.1. The third-order valence-corrected chi connectivity index (χ3v) is 5.64. The second-order valence-electron chi connectivity index (χ2n) is 8.52. The first-order valence-corrected chi connectivity index (χ1v) is 11.9. The minimum absolute atomic E-state index is 0.00412. The Morgan fingerprint density at radius 2 is 1.49 bits per heavy atom. The fraction of sp³-hybridized carbons (Fsp3) is 0.259. The van der Waals surface area contributed by atoms with Crippen molar-refractivity contribution in [1.29, 1.82) is 0 Å². The van der Waals surface area contributed by atoms with E-state index in [2.05, 4.69) is 10.3 Å². The van der Waals surface area contributed by atoms with E-state index < -0.39 is 54.0 Å². The molecule has 12 heteroatoms. The van der Waals surface area contributed by atoms with Crippen molar-refractivity contribution in [3.8, 4) is 0 Å². The standard InChI is InChI=1S/C27H25N3O9/c1-16(31)28-21-13-14-30(27(35)29-21)24-23(39-26(34)19-11-7-4-8-12-19)22(37-17(2)32)20(38-24)15-36-25(33)18-9-5-3-6-10-18/h3-14,20,22-24H,15H2,1-2H3,(H,28,29,31,35)/t20-,22-,23+,24+/m1/s1. The molecule has 1 aliphatic rings. The first-order chi connectivity index (χ1) is 18.7. The Bertz CT molecular complexity index is 1410. The first-order valence-electron chi connectivity index (χ1n) is 11.9. The third-order valence-electron chi connectivity index (χ3n) is 5.64. The van der Waals surface area contributed by atoms with Crippen LogP contribution in [0.5, 0.6) is 0 Å². The van der Waals surface area contributed by atoms with Crippen molar-refractivity contribution >= 4 is 29.6 Å². The van der Waals surface area contributed by atoms with Crippen LogP contribution in [0, 0.1) is 0 Å². The summed E-state index contributed by atoms with van der Waals surface area (Å²) >= 11 is 0. The van der Waals surface area contributed by atoms with Gasteiger partial charge in [0, 0.05) is 20.0 Å². The quantitative estimate of drug-likeness (QED) is 0.335. The maximum absolute atomic E-state index is 13.0. The fourth-order valence-corrected chi connectivity index (χ4v) is 3.96. The largest absolute Gasteiger partial charge is 0.459 e. The van der Waals surface area contributed by atoms with Gasteiger partial charge in [-0.15, -0.1) is 0 Å². The van der Waals surface area contributed by atoms with Gasteiger partial charge in [-0.2, -0.15) is 4.98 Å². The Balaban J connectivity index is 1.66. The maximum atomic E-state index is 13.0. The molecule has 0 bridgehead atoms. The van der Waals surface area contributed by atoms with E-state index >= 15 is 0 Å². The van der Waals surface area contributed by atoms with Crippen molar-refractivity contribution in [1.82, 2.24) is 9.55 Å². The van der Waals surface area contributed by atoms with Crippen LogP contribution < -0.4 is 11.0 Å². The van der Waals surface area contributed by atoms with Crippen LogP contribution in [0.3, 0.4) is 0 Å². The number of benzene rings is 2. The summed E-state index contributed by atoms with van der Waals surface area (Å²) in [5.41, 5.74) is -0.337. The number of nitrogens with one attached hydrogen (secondary N) is 1. The van der Waals surface area contributed by atoms with E-state index in [4.69, 9.17) is 18.9 Å². The minimum atomic E-state index is -1.33. The molecule has 2 heterocycles. The van der Waals surface area contributed by atoms with Crippen molar-refractivity contribution in [2.75, 3.05) is 11.9 Å². The zero-order chi connectivity index (χ0) is 27.9. The summed E-state index contributed by atoms with van der Waals surface area (Å²) in [6, 6.07) is 17.6. The van der Waals surface area contributed by atoms with Crippen molar-refractivity contribution in [2.24, 2.45) is 0 Å². The molecule has 1 aromatic heterocycles. The number of ether oxygens (including phenoxy) is 4. The number of anilines is 1. The molecule has 1 aliphatic heterocycles. The highest BCUT2D eigenvalue weighted by molar-refractivity contribution is 5.90. The van der Waals surface area contributed by atoms with Crippen LogP contribution >= 0.6 is 0 Å². The molecule has 39 heavy (non-hydrogen) atoms. The second kappa shape index (κ2) is 12.1. The van der Waals surface area contributed by atoms with Gasteiger partial charge in [0.05, 0.1) is 11.1 Å². The first kappa shape index (κ1) is 27.2. The number of hydrogen-bond acceptors (Lipinski definition) is 10. The molecule has 2 aromatic carbocycles. The molecular formula is C27H25N3O9. The molecule has 1 fully saturated rings. The van der Waals surface area contributed by atoms with Crippen LogP contribution in [0.4, 0.5) is 5.82 Å². The summed E-state index contributed by atoms with van der Waals surface area (Å²) in [7, 11) is 0. The van der Waals surface area contributed by atoms with Gasteiger partial charge in [0.25, 0.3) is 0 Å². The molecule has 0 saturated carbocycles. The molecule has 12 nitrogen and oxygen atoms in total. The van der Waals surface area contributed by atoms with Gasteiger partial charge in [0.1, 0.15) is 18.5 Å². The SMILES string of the molecule is CC(=O)Nc1ccn([C@H]2O[C@H](COC(=O)c3ccccc3)[C@@H](OC(C)=O)[C@@H]2OC(=O)c2ccccc2)c(=O)n1. The smallest absolute Gasteiger partial charge is 0.351 e. The molecule has 4 atom stereocenters. The predicted molar refractivity (Wildman–Crippen MR) is 135 cm³/mol. The number of rotatable bonds is 8. The molecule has 0 radical (unpaired) electrons. The van der Waals surface area contributed by atoms with Crippen LogP contribution in [0.2, 0.25) is 0 Å².